The van der Waals surface area contributed by atoms with Crippen LogP contribution in [0.4, 0.5) is 5.69 Å². The topological polar surface area (TPSA) is 88.0 Å². The Labute approximate surface area is 135 Å². The minimum absolute atomic E-state index is 0.168. The van der Waals surface area contributed by atoms with Gasteiger partial charge >= 0.3 is 0 Å². The van der Waals surface area contributed by atoms with Crippen LogP contribution in [0.2, 0.25) is 0 Å². The second kappa shape index (κ2) is 6.48. The predicted molar refractivity (Wildman–Crippen MR) is 85.0 cm³/mol. The van der Waals surface area contributed by atoms with Gasteiger partial charge in [0.25, 0.3) is 5.91 Å². The summed E-state index contributed by atoms with van der Waals surface area (Å²) in [5.41, 5.74) is 0.0737. The maximum absolute atomic E-state index is 12.2. The second-order valence-corrected chi connectivity index (χ2v) is 6.26. The molecule has 22 heavy (non-hydrogen) atoms. The molecule has 7 heteroatoms. The maximum atomic E-state index is 12.2. The Morgan fingerprint density at radius 2 is 2.09 bits per heavy atom. The van der Waals surface area contributed by atoms with Crippen molar-refractivity contribution in [1.82, 2.24) is 9.97 Å². The SMILES string of the molecule is O=C(Nc1c[nH]cc(Br)c1=O)c1coc(C2CCCCC2)n1. The molecule has 0 spiro atoms. The summed E-state index contributed by atoms with van der Waals surface area (Å²) >= 11 is 3.12. The highest BCUT2D eigenvalue weighted by Crippen LogP contribution is 2.31. The van der Waals surface area contributed by atoms with E-state index in [-0.39, 0.29) is 16.8 Å². The first-order chi connectivity index (χ1) is 10.6. The highest BCUT2D eigenvalue weighted by Gasteiger charge is 2.22. The molecule has 1 fully saturated rings. The first kappa shape index (κ1) is 15.0. The Morgan fingerprint density at radius 3 is 2.86 bits per heavy atom. The zero-order chi connectivity index (χ0) is 15.5. The zero-order valence-corrected chi connectivity index (χ0v) is 13.5. The first-order valence-corrected chi connectivity index (χ1v) is 8.08. The lowest BCUT2D eigenvalue weighted by Crippen LogP contribution is -2.19. The summed E-state index contributed by atoms with van der Waals surface area (Å²) in [6.07, 6.45) is 9.98. The number of pyridine rings is 1. The van der Waals surface area contributed by atoms with Crippen LogP contribution in [0.25, 0.3) is 0 Å². The standard InChI is InChI=1S/C15H16BrN3O3/c16-10-6-17-7-11(13(10)20)18-14(21)12-8-22-15(19-12)9-4-2-1-3-5-9/h6-9H,1-5H2,(H,17,20)(H,18,21). The largest absolute Gasteiger partial charge is 0.448 e. The number of aromatic nitrogens is 2. The smallest absolute Gasteiger partial charge is 0.277 e. The van der Waals surface area contributed by atoms with Crippen LogP contribution >= 0.6 is 15.9 Å². The summed E-state index contributed by atoms with van der Waals surface area (Å²) in [4.78, 5) is 31.1. The Morgan fingerprint density at radius 1 is 1.32 bits per heavy atom. The maximum Gasteiger partial charge on any atom is 0.277 e. The van der Waals surface area contributed by atoms with E-state index in [2.05, 4.69) is 31.2 Å². The van der Waals surface area contributed by atoms with Crippen LogP contribution in [0, 0.1) is 0 Å². The van der Waals surface area contributed by atoms with Gasteiger partial charge < -0.3 is 14.7 Å². The summed E-state index contributed by atoms with van der Waals surface area (Å²) in [5.74, 6) is 0.465. The van der Waals surface area contributed by atoms with Crippen molar-refractivity contribution in [3.05, 3.63) is 44.9 Å². The highest BCUT2D eigenvalue weighted by molar-refractivity contribution is 9.10. The summed E-state index contributed by atoms with van der Waals surface area (Å²) < 4.78 is 5.80. The molecule has 0 radical (unpaired) electrons. The van der Waals surface area contributed by atoms with Gasteiger partial charge in [-0.3, -0.25) is 9.59 Å². The third kappa shape index (κ3) is 3.14. The lowest BCUT2D eigenvalue weighted by atomic mass is 9.89. The molecule has 2 heterocycles. The number of nitrogens with zero attached hydrogens (tertiary/aromatic N) is 1. The molecular formula is C15H16BrN3O3. The molecule has 0 atom stereocenters. The molecule has 0 aliphatic heterocycles. The van der Waals surface area contributed by atoms with Gasteiger partial charge in [-0.1, -0.05) is 19.3 Å². The normalized spacial score (nSPS) is 15.7. The number of carbonyl (C=O) groups excluding carboxylic acids is 1. The first-order valence-electron chi connectivity index (χ1n) is 7.28. The van der Waals surface area contributed by atoms with Gasteiger partial charge in [0.15, 0.2) is 11.6 Å². The van der Waals surface area contributed by atoms with Crippen LogP contribution in [0.5, 0.6) is 0 Å². The molecule has 0 unspecified atom stereocenters. The quantitative estimate of drug-likeness (QED) is 0.871. The van der Waals surface area contributed by atoms with Gasteiger partial charge in [-0.25, -0.2) is 4.98 Å². The van der Waals surface area contributed by atoms with Crippen LogP contribution in [0.1, 0.15) is 54.4 Å². The van der Waals surface area contributed by atoms with Gasteiger partial charge in [0.1, 0.15) is 12.0 Å². The molecule has 2 N–H and O–H groups in total. The number of H-pyrrole nitrogens is 1. The average Bonchev–Trinajstić information content (AvgIpc) is 3.03. The van der Waals surface area contributed by atoms with Crippen molar-refractivity contribution in [2.24, 2.45) is 0 Å². The number of anilines is 1. The highest BCUT2D eigenvalue weighted by atomic mass is 79.9. The molecule has 2 aromatic heterocycles. The lowest BCUT2D eigenvalue weighted by molar-refractivity contribution is 0.102. The van der Waals surface area contributed by atoms with Crippen molar-refractivity contribution in [3.8, 4) is 0 Å². The molecular weight excluding hydrogens is 350 g/mol. The van der Waals surface area contributed by atoms with E-state index in [4.69, 9.17) is 4.42 Å². The van der Waals surface area contributed by atoms with E-state index in [9.17, 15) is 9.59 Å². The molecule has 2 aromatic rings. The average molecular weight is 366 g/mol. The molecule has 0 aromatic carbocycles. The number of nitrogens with one attached hydrogen (secondary N) is 2. The minimum atomic E-state index is -0.450. The minimum Gasteiger partial charge on any atom is -0.448 e. The van der Waals surface area contributed by atoms with Crippen molar-refractivity contribution in [1.29, 1.82) is 0 Å². The molecule has 1 aliphatic rings. The fraction of sp³-hybridized carbons (Fsp3) is 0.400. The number of aromatic amines is 1. The summed E-state index contributed by atoms with van der Waals surface area (Å²) in [6, 6.07) is 0. The number of carbonyl (C=O) groups is 1. The van der Waals surface area contributed by atoms with Crippen molar-refractivity contribution < 1.29 is 9.21 Å². The summed E-state index contributed by atoms with van der Waals surface area (Å²) in [6.45, 7) is 0. The molecule has 0 bridgehead atoms. The number of oxazole rings is 1. The Bertz CT molecular complexity index is 732. The van der Waals surface area contributed by atoms with E-state index in [1.54, 1.807) is 0 Å². The third-order valence-corrected chi connectivity index (χ3v) is 4.45. The van der Waals surface area contributed by atoms with Crippen LogP contribution in [0.15, 0.2) is 32.3 Å². The fourth-order valence-electron chi connectivity index (χ4n) is 2.67. The number of rotatable bonds is 3. The summed E-state index contributed by atoms with van der Waals surface area (Å²) in [7, 11) is 0. The van der Waals surface area contributed by atoms with Crippen molar-refractivity contribution >= 4 is 27.5 Å². The molecule has 116 valence electrons. The molecule has 1 saturated carbocycles. The Hall–Kier alpha value is -1.89. The van der Waals surface area contributed by atoms with Gasteiger partial charge in [-0.2, -0.15) is 0 Å². The lowest BCUT2D eigenvalue weighted by Gasteiger charge is -2.17. The van der Waals surface area contributed by atoms with Gasteiger partial charge in [-0.05, 0) is 28.8 Å². The zero-order valence-electron chi connectivity index (χ0n) is 11.9. The van der Waals surface area contributed by atoms with E-state index >= 15 is 0 Å². The Kier molecular flexibility index (Phi) is 4.42. The van der Waals surface area contributed by atoms with Crippen LogP contribution in [0.3, 0.4) is 0 Å². The molecule has 1 aliphatic carbocycles. The van der Waals surface area contributed by atoms with Crippen molar-refractivity contribution in [2.45, 2.75) is 38.0 Å². The number of halogens is 1. The molecule has 1 amide bonds. The predicted octanol–water partition coefficient (Wildman–Crippen LogP) is 3.43. The van der Waals surface area contributed by atoms with Crippen molar-refractivity contribution in [3.63, 3.8) is 0 Å². The van der Waals surface area contributed by atoms with Gasteiger partial charge in [-0.15, -0.1) is 0 Å². The van der Waals surface area contributed by atoms with Gasteiger partial charge in [0.2, 0.25) is 5.43 Å². The van der Waals surface area contributed by atoms with Crippen LogP contribution in [-0.4, -0.2) is 15.9 Å². The van der Waals surface area contributed by atoms with Gasteiger partial charge in [0.05, 0.1) is 4.47 Å². The van der Waals surface area contributed by atoms with E-state index in [1.165, 1.54) is 37.9 Å². The van der Waals surface area contributed by atoms with E-state index in [1.807, 2.05) is 0 Å². The van der Waals surface area contributed by atoms with E-state index in [0.29, 0.717) is 16.3 Å². The number of hydrogen-bond acceptors (Lipinski definition) is 4. The van der Waals surface area contributed by atoms with E-state index in [0.717, 1.165) is 12.8 Å². The number of hydrogen-bond donors (Lipinski definition) is 2. The van der Waals surface area contributed by atoms with Crippen LogP contribution < -0.4 is 10.7 Å². The second-order valence-electron chi connectivity index (χ2n) is 5.41. The molecule has 6 nitrogen and oxygen atoms in total. The monoisotopic (exact) mass is 365 g/mol. The summed E-state index contributed by atoms with van der Waals surface area (Å²) in [5, 5.41) is 2.55. The van der Waals surface area contributed by atoms with Crippen molar-refractivity contribution in [2.75, 3.05) is 5.32 Å². The molecule has 3 rings (SSSR count). The fourth-order valence-corrected chi connectivity index (χ4v) is 3.01. The van der Waals surface area contributed by atoms with E-state index < -0.39 is 5.91 Å². The van der Waals surface area contributed by atoms with Gasteiger partial charge in [0, 0.05) is 18.3 Å². The Balaban J connectivity index is 1.74. The number of amides is 1. The van der Waals surface area contributed by atoms with Crippen LogP contribution in [-0.2, 0) is 0 Å². The molecule has 0 saturated heterocycles. The third-order valence-electron chi connectivity index (χ3n) is 3.86.